The van der Waals surface area contributed by atoms with Gasteiger partial charge >= 0.3 is 0 Å². The zero-order valence-corrected chi connectivity index (χ0v) is 13.0. The quantitative estimate of drug-likeness (QED) is 0.798. The molecule has 0 radical (unpaired) electrons. The first-order valence-corrected chi connectivity index (χ1v) is 8.39. The van der Waals surface area contributed by atoms with Crippen LogP contribution >= 0.6 is 11.6 Å². The van der Waals surface area contributed by atoms with E-state index in [1.807, 2.05) is 30.5 Å². The van der Waals surface area contributed by atoms with Crippen molar-refractivity contribution in [3.8, 4) is 0 Å². The number of alkyl halides is 1. The Kier molecular flexibility index (Phi) is 4.58. The third-order valence-electron chi connectivity index (χ3n) is 3.26. The van der Waals surface area contributed by atoms with Crippen LogP contribution in [0.5, 0.6) is 0 Å². The molecule has 0 aliphatic heterocycles. The predicted octanol–water partition coefficient (Wildman–Crippen LogP) is 2.64. The molecular weight excluding hydrogens is 282 g/mol. The van der Waals surface area contributed by atoms with Gasteiger partial charge in [0.25, 0.3) is 0 Å². The van der Waals surface area contributed by atoms with Crippen LogP contribution in [-0.2, 0) is 23.2 Å². The van der Waals surface area contributed by atoms with Gasteiger partial charge in [-0.3, -0.25) is 4.21 Å². The summed E-state index contributed by atoms with van der Waals surface area (Å²) in [6.07, 6.45) is 2.57. The monoisotopic (exact) mass is 299 g/mol. The Bertz CT molecular complexity index is 611. The second-order valence-corrected chi connectivity index (χ2v) is 6.78. The normalized spacial score (nSPS) is 14.7. The van der Waals surface area contributed by atoms with E-state index >= 15 is 0 Å². The Morgan fingerprint density at radius 1 is 1.42 bits per heavy atom. The lowest BCUT2D eigenvalue weighted by molar-refractivity contribution is 0.614. The molecule has 0 aliphatic rings. The first-order valence-electron chi connectivity index (χ1n) is 6.24. The summed E-state index contributed by atoms with van der Waals surface area (Å²) in [5.41, 5.74) is 2.69. The fourth-order valence-corrected chi connectivity index (χ4v) is 2.60. The minimum Gasteiger partial charge on any atom is -0.312 e. The number of hydrogen-bond donors (Lipinski definition) is 0. The van der Waals surface area contributed by atoms with Crippen LogP contribution in [0, 0.1) is 6.92 Å². The summed E-state index contributed by atoms with van der Waals surface area (Å²) < 4.78 is 13.5. The summed E-state index contributed by atoms with van der Waals surface area (Å²) in [4.78, 5) is 9.02. The molecule has 19 heavy (non-hydrogen) atoms. The van der Waals surface area contributed by atoms with Crippen molar-refractivity contribution in [2.24, 2.45) is 0 Å². The van der Waals surface area contributed by atoms with E-state index in [4.69, 9.17) is 11.6 Å². The SMILES string of the molecule is Cc1ccc2nc(CCl)n(CCC(C)S(C)=O)c2n1. The van der Waals surface area contributed by atoms with Gasteiger partial charge in [-0.05, 0) is 25.5 Å². The summed E-state index contributed by atoms with van der Waals surface area (Å²) in [6.45, 7) is 4.70. The van der Waals surface area contributed by atoms with Crippen molar-refractivity contribution in [2.75, 3.05) is 6.26 Å². The van der Waals surface area contributed by atoms with Gasteiger partial charge in [0.15, 0.2) is 5.65 Å². The molecule has 6 heteroatoms. The van der Waals surface area contributed by atoms with Gasteiger partial charge in [0.2, 0.25) is 0 Å². The fourth-order valence-electron chi connectivity index (χ4n) is 1.96. The third-order valence-corrected chi connectivity index (χ3v) is 4.86. The zero-order chi connectivity index (χ0) is 14.0. The van der Waals surface area contributed by atoms with Crippen molar-refractivity contribution in [2.45, 2.75) is 37.9 Å². The van der Waals surface area contributed by atoms with E-state index < -0.39 is 10.8 Å². The lowest BCUT2D eigenvalue weighted by atomic mass is 10.3. The number of fused-ring (bicyclic) bond motifs is 1. The van der Waals surface area contributed by atoms with E-state index in [9.17, 15) is 4.21 Å². The molecule has 2 heterocycles. The summed E-state index contributed by atoms with van der Waals surface area (Å²) >= 11 is 5.95. The number of halogens is 1. The number of nitrogens with zero attached hydrogens (tertiary/aromatic N) is 3. The van der Waals surface area contributed by atoms with Gasteiger partial charge in [0.05, 0.1) is 5.88 Å². The van der Waals surface area contributed by atoms with E-state index in [1.54, 1.807) is 6.26 Å². The molecule has 2 aromatic rings. The first kappa shape index (κ1) is 14.5. The molecule has 2 aromatic heterocycles. The van der Waals surface area contributed by atoms with Crippen LogP contribution < -0.4 is 0 Å². The largest absolute Gasteiger partial charge is 0.312 e. The molecule has 2 unspecified atom stereocenters. The van der Waals surface area contributed by atoms with E-state index in [0.717, 1.165) is 35.6 Å². The maximum absolute atomic E-state index is 11.4. The standard InChI is InChI=1S/C13H18ClN3OS/c1-9-4-5-11-13(15-9)17(12(8-14)16-11)7-6-10(2)19(3)18/h4-5,10H,6-8H2,1-3H3. The van der Waals surface area contributed by atoms with Gasteiger partial charge in [-0.2, -0.15) is 0 Å². The molecule has 0 bridgehead atoms. The minimum atomic E-state index is -0.806. The van der Waals surface area contributed by atoms with Crippen LogP contribution in [0.1, 0.15) is 24.9 Å². The highest BCUT2D eigenvalue weighted by atomic mass is 35.5. The number of aromatic nitrogens is 3. The smallest absolute Gasteiger partial charge is 0.160 e. The molecular formula is C13H18ClN3OS. The Balaban J connectivity index is 2.34. The minimum absolute atomic E-state index is 0.158. The second-order valence-electron chi connectivity index (χ2n) is 4.71. The Labute approximate surface area is 120 Å². The summed E-state index contributed by atoms with van der Waals surface area (Å²) in [5.74, 6) is 1.18. The third kappa shape index (κ3) is 3.15. The fraction of sp³-hybridized carbons (Fsp3) is 0.538. The molecule has 0 amide bonds. The van der Waals surface area contributed by atoms with Crippen molar-refractivity contribution < 1.29 is 4.21 Å². The maximum atomic E-state index is 11.4. The molecule has 4 nitrogen and oxygen atoms in total. The van der Waals surface area contributed by atoms with Gasteiger partial charge in [-0.15, -0.1) is 11.6 Å². The molecule has 0 saturated carbocycles. The van der Waals surface area contributed by atoms with Crippen molar-refractivity contribution in [1.29, 1.82) is 0 Å². The number of hydrogen-bond acceptors (Lipinski definition) is 3. The van der Waals surface area contributed by atoms with Crippen LogP contribution in [0.3, 0.4) is 0 Å². The van der Waals surface area contributed by atoms with E-state index in [0.29, 0.717) is 5.88 Å². The van der Waals surface area contributed by atoms with Gasteiger partial charge in [0, 0.05) is 34.5 Å². The summed E-state index contributed by atoms with van der Waals surface area (Å²) in [7, 11) is -0.806. The highest BCUT2D eigenvalue weighted by molar-refractivity contribution is 7.84. The van der Waals surface area contributed by atoms with Crippen molar-refractivity contribution in [1.82, 2.24) is 14.5 Å². The number of pyridine rings is 1. The van der Waals surface area contributed by atoms with Gasteiger partial charge in [-0.25, -0.2) is 9.97 Å². The molecule has 2 atom stereocenters. The number of imidazole rings is 1. The van der Waals surface area contributed by atoms with Crippen LogP contribution in [0.4, 0.5) is 0 Å². The Morgan fingerprint density at radius 3 is 2.79 bits per heavy atom. The lowest BCUT2D eigenvalue weighted by Crippen LogP contribution is -2.14. The van der Waals surface area contributed by atoms with Crippen LogP contribution in [0.25, 0.3) is 11.2 Å². The Morgan fingerprint density at radius 2 is 2.16 bits per heavy atom. The molecule has 0 aliphatic carbocycles. The van der Waals surface area contributed by atoms with Gasteiger partial charge < -0.3 is 4.57 Å². The van der Waals surface area contributed by atoms with Crippen molar-refractivity contribution in [3.05, 3.63) is 23.7 Å². The van der Waals surface area contributed by atoms with Crippen LogP contribution in [0.15, 0.2) is 12.1 Å². The average Bonchev–Trinajstić information content (AvgIpc) is 2.72. The Hall–Kier alpha value is -0.940. The predicted molar refractivity (Wildman–Crippen MR) is 80.0 cm³/mol. The number of rotatable bonds is 5. The van der Waals surface area contributed by atoms with Crippen LogP contribution in [0.2, 0.25) is 0 Å². The molecule has 0 fully saturated rings. The highest BCUT2D eigenvalue weighted by Crippen LogP contribution is 2.17. The van der Waals surface area contributed by atoms with Gasteiger partial charge in [0.1, 0.15) is 11.3 Å². The average molecular weight is 300 g/mol. The molecule has 0 N–H and O–H groups in total. The highest BCUT2D eigenvalue weighted by Gasteiger charge is 2.13. The zero-order valence-electron chi connectivity index (χ0n) is 11.4. The number of aryl methyl sites for hydroxylation is 2. The molecule has 2 rings (SSSR count). The molecule has 104 valence electrons. The first-order chi connectivity index (χ1) is 9.02. The molecule has 0 aromatic carbocycles. The summed E-state index contributed by atoms with van der Waals surface area (Å²) in [6, 6.07) is 3.91. The summed E-state index contributed by atoms with van der Waals surface area (Å²) in [5, 5.41) is 0.158. The van der Waals surface area contributed by atoms with Crippen molar-refractivity contribution >= 4 is 33.6 Å². The maximum Gasteiger partial charge on any atom is 0.160 e. The van der Waals surface area contributed by atoms with E-state index in [-0.39, 0.29) is 5.25 Å². The molecule has 0 spiro atoms. The lowest BCUT2D eigenvalue weighted by Gasteiger charge is -2.11. The topological polar surface area (TPSA) is 47.8 Å². The van der Waals surface area contributed by atoms with E-state index in [2.05, 4.69) is 9.97 Å². The van der Waals surface area contributed by atoms with Crippen LogP contribution in [-0.4, -0.2) is 30.2 Å². The van der Waals surface area contributed by atoms with Crippen molar-refractivity contribution in [3.63, 3.8) is 0 Å². The molecule has 0 saturated heterocycles. The van der Waals surface area contributed by atoms with E-state index in [1.165, 1.54) is 0 Å². The second kappa shape index (κ2) is 6.01. The van der Waals surface area contributed by atoms with Gasteiger partial charge in [-0.1, -0.05) is 6.92 Å².